The third kappa shape index (κ3) is 6.41. The quantitative estimate of drug-likeness (QED) is 0.669. The number of likely N-dealkylation sites (N-methyl/N-ethyl adjacent to an activating group) is 2. The Morgan fingerprint density at radius 1 is 0.846 bits per heavy atom. The second kappa shape index (κ2) is 12.2. The van der Waals surface area contributed by atoms with Gasteiger partial charge >= 0.3 is 0 Å². The lowest BCUT2D eigenvalue weighted by atomic mass is 10.0. The van der Waals surface area contributed by atoms with E-state index in [1.807, 2.05) is 14.0 Å². The van der Waals surface area contributed by atoms with Gasteiger partial charge in [0.2, 0.25) is 0 Å². The van der Waals surface area contributed by atoms with Gasteiger partial charge in [0.25, 0.3) is 0 Å². The van der Waals surface area contributed by atoms with E-state index in [2.05, 4.69) is 30.7 Å². The summed E-state index contributed by atoms with van der Waals surface area (Å²) in [5, 5.41) is 9.67. The molecule has 0 aromatic rings. The highest BCUT2D eigenvalue weighted by Crippen LogP contribution is 2.25. The monoisotopic (exact) mass is 376 g/mol. The maximum Gasteiger partial charge on any atom is 0.102 e. The van der Waals surface area contributed by atoms with E-state index in [-0.39, 0.29) is 18.2 Å². The van der Waals surface area contributed by atoms with Gasteiger partial charge in [-0.15, -0.1) is 0 Å². The van der Waals surface area contributed by atoms with E-state index >= 15 is 0 Å². The van der Waals surface area contributed by atoms with Gasteiger partial charge in [-0.3, -0.25) is 9.80 Å². The van der Waals surface area contributed by atoms with Crippen molar-refractivity contribution >= 4 is 0 Å². The SMILES string of the molecule is CCO[C@H]1[C@H](C)CN(C)[C@@H]1COC.CCO[C@H]1[C@H](O)CN(C)[C@@H]1COC. The van der Waals surface area contributed by atoms with Gasteiger partial charge in [-0.25, -0.2) is 0 Å². The highest BCUT2D eigenvalue weighted by molar-refractivity contribution is 4.93. The fourth-order valence-corrected chi connectivity index (χ4v) is 4.03. The molecule has 2 rings (SSSR count). The second-order valence-corrected chi connectivity index (χ2v) is 7.31. The summed E-state index contributed by atoms with van der Waals surface area (Å²) in [6, 6.07) is 0.611. The van der Waals surface area contributed by atoms with Crippen LogP contribution in [0.3, 0.4) is 0 Å². The van der Waals surface area contributed by atoms with Crippen molar-refractivity contribution in [3.8, 4) is 0 Å². The second-order valence-electron chi connectivity index (χ2n) is 7.31. The molecule has 0 radical (unpaired) electrons. The van der Waals surface area contributed by atoms with Crippen LogP contribution >= 0.6 is 0 Å². The van der Waals surface area contributed by atoms with Gasteiger partial charge < -0.3 is 24.1 Å². The van der Waals surface area contributed by atoms with Crippen molar-refractivity contribution in [3.05, 3.63) is 0 Å². The fraction of sp³-hybridized carbons (Fsp3) is 1.00. The van der Waals surface area contributed by atoms with E-state index < -0.39 is 0 Å². The summed E-state index contributed by atoms with van der Waals surface area (Å²) in [6.45, 7) is 10.8. The van der Waals surface area contributed by atoms with Gasteiger partial charge in [-0.2, -0.15) is 0 Å². The molecule has 1 N–H and O–H groups in total. The fourth-order valence-electron chi connectivity index (χ4n) is 4.03. The van der Waals surface area contributed by atoms with Gasteiger partial charge in [0.05, 0.1) is 37.5 Å². The molecule has 156 valence electrons. The van der Waals surface area contributed by atoms with E-state index in [0.717, 1.165) is 19.8 Å². The van der Waals surface area contributed by atoms with E-state index in [0.29, 0.717) is 37.8 Å². The molecule has 2 heterocycles. The minimum absolute atomic E-state index is 0.102. The van der Waals surface area contributed by atoms with Crippen LogP contribution in [0.25, 0.3) is 0 Å². The molecule has 0 spiro atoms. The average Bonchev–Trinajstić information content (AvgIpc) is 3.00. The molecular weight excluding hydrogens is 336 g/mol. The third-order valence-electron chi connectivity index (χ3n) is 5.27. The average molecular weight is 377 g/mol. The number of nitrogens with zero attached hydrogens (tertiary/aromatic N) is 2. The molecule has 6 atom stereocenters. The molecular formula is C19H40N2O5. The number of hydrogen-bond donors (Lipinski definition) is 1. The Bertz CT molecular complexity index is 308. The third-order valence-corrected chi connectivity index (χ3v) is 5.27. The molecule has 7 nitrogen and oxygen atoms in total. The summed E-state index contributed by atoms with van der Waals surface area (Å²) < 4.78 is 21.5. The summed E-state index contributed by atoms with van der Waals surface area (Å²) in [4.78, 5) is 4.41. The number of aliphatic hydroxyl groups is 1. The molecule has 2 saturated heterocycles. The normalized spacial score (nSPS) is 35.5. The summed E-state index contributed by atoms with van der Waals surface area (Å²) in [7, 11) is 7.53. The van der Waals surface area contributed by atoms with Crippen LogP contribution in [0.4, 0.5) is 0 Å². The zero-order chi connectivity index (χ0) is 19.7. The molecule has 0 aromatic heterocycles. The topological polar surface area (TPSA) is 63.6 Å². The molecule has 2 aliphatic rings. The standard InChI is InChI=1S/C10H21NO2.C9H19NO3/c1-5-13-10-8(2)6-11(3)9(10)7-12-4;1-4-13-9-7(6-12-3)10(2)5-8(9)11/h8-10H,5-7H2,1-4H3;7-9,11H,4-6H2,1-3H3/t8-,9-,10+;7-,8-,9-/m11/s1. The van der Waals surface area contributed by atoms with E-state index in [4.69, 9.17) is 18.9 Å². The van der Waals surface area contributed by atoms with Crippen LogP contribution in [0.15, 0.2) is 0 Å². The van der Waals surface area contributed by atoms with Crippen molar-refractivity contribution in [2.75, 3.05) is 67.8 Å². The molecule has 0 saturated carbocycles. The highest BCUT2D eigenvalue weighted by Gasteiger charge is 2.39. The van der Waals surface area contributed by atoms with Gasteiger partial charge in [-0.1, -0.05) is 6.92 Å². The predicted octanol–water partition coefficient (Wildman–Crippen LogP) is 0.701. The van der Waals surface area contributed by atoms with E-state index in [1.54, 1.807) is 14.2 Å². The molecule has 0 bridgehead atoms. The predicted molar refractivity (Wildman–Crippen MR) is 103 cm³/mol. The minimum Gasteiger partial charge on any atom is -0.389 e. The molecule has 7 heteroatoms. The van der Waals surface area contributed by atoms with Crippen LogP contribution in [0.5, 0.6) is 0 Å². The Kier molecular flexibility index (Phi) is 11.2. The van der Waals surface area contributed by atoms with Crippen molar-refractivity contribution in [2.24, 2.45) is 5.92 Å². The Morgan fingerprint density at radius 3 is 1.81 bits per heavy atom. The van der Waals surface area contributed by atoms with Gasteiger partial charge in [-0.05, 0) is 33.9 Å². The molecule has 0 aromatic carbocycles. The van der Waals surface area contributed by atoms with E-state index in [9.17, 15) is 5.11 Å². The zero-order valence-corrected chi connectivity index (χ0v) is 17.7. The van der Waals surface area contributed by atoms with Crippen LogP contribution in [0.2, 0.25) is 0 Å². The number of β-amino-alcohol motifs (C(OH)–C–C–N with tert-alkyl or cyclic N) is 1. The smallest absolute Gasteiger partial charge is 0.102 e. The Morgan fingerprint density at radius 2 is 1.31 bits per heavy atom. The number of rotatable bonds is 8. The van der Waals surface area contributed by atoms with E-state index in [1.165, 1.54) is 0 Å². The van der Waals surface area contributed by atoms with Gasteiger partial charge in [0, 0.05) is 40.5 Å². The van der Waals surface area contributed by atoms with Crippen molar-refractivity contribution in [2.45, 2.75) is 51.2 Å². The summed E-state index contributed by atoms with van der Waals surface area (Å²) in [6.07, 6.45) is -0.144. The number of aliphatic hydroxyl groups excluding tert-OH is 1. The summed E-state index contributed by atoms with van der Waals surface area (Å²) >= 11 is 0. The first-order valence-corrected chi connectivity index (χ1v) is 9.70. The largest absolute Gasteiger partial charge is 0.389 e. The number of likely N-dealkylation sites (tertiary alicyclic amines) is 2. The molecule has 2 aliphatic heterocycles. The number of hydrogen-bond acceptors (Lipinski definition) is 7. The summed E-state index contributed by atoms with van der Waals surface area (Å²) in [5.74, 6) is 0.616. The first-order valence-electron chi connectivity index (χ1n) is 9.70. The van der Waals surface area contributed by atoms with Gasteiger partial charge in [0.1, 0.15) is 6.10 Å². The van der Waals surface area contributed by atoms with Gasteiger partial charge in [0.15, 0.2) is 0 Å². The maximum absolute atomic E-state index is 9.67. The van der Waals surface area contributed by atoms with Crippen LogP contribution in [-0.4, -0.2) is 113 Å². The molecule has 0 unspecified atom stereocenters. The Hall–Kier alpha value is -0.280. The summed E-state index contributed by atoms with van der Waals surface area (Å²) in [5.41, 5.74) is 0. The Labute approximate surface area is 159 Å². The van der Waals surface area contributed by atoms with Crippen LogP contribution in [0, 0.1) is 5.92 Å². The number of methoxy groups -OCH3 is 2. The van der Waals surface area contributed by atoms with Crippen LogP contribution in [-0.2, 0) is 18.9 Å². The first kappa shape index (κ1) is 23.8. The van der Waals surface area contributed by atoms with Crippen molar-refractivity contribution in [1.29, 1.82) is 0 Å². The Balaban J connectivity index is 0.000000260. The minimum atomic E-state index is -0.384. The molecule has 0 amide bonds. The van der Waals surface area contributed by atoms with Crippen LogP contribution < -0.4 is 0 Å². The molecule has 2 fully saturated rings. The molecule has 26 heavy (non-hydrogen) atoms. The number of ether oxygens (including phenoxy) is 4. The van der Waals surface area contributed by atoms with Crippen molar-refractivity contribution in [1.82, 2.24) is 9.80 Å². The van der Waals surface area contributed by atoms with Crippen LogP contribution in [0.1, 0.15) is 20.8 Å². The molecule has 0 aliphatic carbocycles. The highest BCUT2D eigenvalue weighted by atomic mass is 16.5. The maximum atomic E-state index is 9.67. The van der Waals surface area contributed by atoms with Crippen molar-refractivity contribution in [3.63, 3.8) is 0 Å². The lowest BCUT2D eigenvalue weighted by Gasteiger charge is -2.24. The first-order chi connectivity index (χ1) is 12.4. The zero-order valence-electron chi connectivity index (χ0n) is 17.7. The lowest BCUT2D eigenvalue weighted by Crippen LogP contribution is -2.39. The lowest BCUT2D eigenvalue weighted by molar-refractivity contribution is -0.0350. The van der Waals surface area contributed by atoms with Crippen molar-refractivity contribution < 1.29 is 24.1 Å².